The number of hydrogen-bond donors (Lipinski definition) is 0. The number of amides is 2. The molecule has 4 rings (SSSR count). The van der Waals surface area contributed by atoms with Gasteiger partial charge in [-0.2, -0.15) is 5.26 Å². The van der Waals surface area contributed by atoms with E-state index in [2.05, 4.69) is 0 Å². The Hall–Kier alpha value is -3.15. The average molecular weight is 457 g/mol. The van der Waals surface area contributed by atoms with Crippen LogP contribution in [0, 0.1) is 11.3 Å². The molecule has 3 heterocycles. The number of sulfone groups is 1. The maximum absolute atomic E-state index is 13.2. The Morgan fingerprint density at radius 1 is 1.23 bits per heavy atom. The molecule has 1 atom stereocenters. The van der Waals surface area contributed by atoms with Crippen molar-refractivity contribution in [2.45, 2.75) is 19.4 Å². The molecule has 0 unspecified atom stereocenters. The Balaban J connectivity index is 1.74. The monoisotopic (exact) mass is 456 g/mol. The van der Waals surface area contributed by atoms with Gasteiger partial charge in [-0.3, -0.25) is 14.5 Å². The van der Waals surface area contributed by atoms with Crippen LogP contribution < -0.4 is 0 Å². The Kier molecular flexibility index (Phi) is 5.33. The molecule has 158 valence electrons. The van der Waals surface area contributed by atoms with E-state index in [1.807, 2.05) is 12.1 Å². The maximum atomic E-state index is 13.2. The zero-order chi connectivity index (χ0) is 22.3. The minimum absolute atomic E-state index is 0.0977. The highest BCUT2D eigenvalue weighted by molar-refractivity contribution is 7.91. The Morgan fingerprint density at radius 3 is 2.65 bits per heavy atom. The maximum Gasteiger partial charge on any atom is 0.271 e. The van der Waals surface area contributed by atoms with Gasteiger partial charge in [0.2, 0.25) is 0 Å². The van der Waals surface area contributed by atoms with Gasteiger partial charge in [0, 0.05) is 16.2 Å². The molecule has 31 heavy (non-hydrogen) atoms. The van der Waals surface area contributed by atoms with Gasteiger partial charge in [0.15, 0.2) is 9.84 Å². The van der Waals surface area contributed by atoms with Crippen LogP contribution in [0.2, 0.25) is 5.02 Å². The van der Waals surface area contributed by atoms with Crippen molar-refractivity contribution in [2.24, 2.45) is 0 Å². The smallest absolute Gasteiger partial charge is 0.271 e. The molecule has 2 aliphatic rings. The number of nitriles is 1. The number of carbonyl (C=O) groups is 2. The average Bonchev–Trinajstić information content (AvgIpc) is 3.32. The van der Waals surface area contributed by atoms with Gasteiger partial charge in [-0.1, -0.05) is 23.7 Å². The van der Waals surface area contributed by atoms with E-state index in [1.54, 1.807) is 30.3 Å². The van der Waals surface area contributed by atoms with Gasteiger partial charge >= 0.3 is 0 Å². The number of hydrogen-bond acceptors (Lipinski definition) is 6. The largest absolute Gasteiger partial charge is 0.457 e. The first-order chi connectivity index (χ1) is 14.7. The van der Waals surface area contributed by atoms with Crippen LogP contribution in [0.1, 0.15) is 19.1 Å². The lowest BCUT2D eigenvalue weighted by molar-refractivity contribution is -0.142. The van der Waals surface area contributed by atoms with Gasteiger partial charge in [0.1, 0.15) is 23.2 Å². The summed E-state index contributed by atoms with van der Waals surface area (Å²) in [5, 5.41) is 10.0. The molecule has 9 heteroatoms. The number of carbonyl (C=O) groups excluding carboxylic acids is 2. The van der Waals surface area contributed by atoms with Crippen LogP contribution in [0.5, 0.6) is 0 Å². The number of nitrogens with zero attached hydrogens (tertiary/aromatic N) is 2. The number of benzene rings is 1. The van der Waals surface area contributed by atoms with Crippen LogP contribution >= 0.6 is 11.6 Å². The fourth-order valence-electron chi connectivity index (χ4n) is 3.78. The second kappa shape index (κ2) is 7.84. The van der Waals surface area contributed by atoms with Crippen LogP contribution in [0.3, 0.4) is 0 Å². The van der Waals surface area contributed by atoms with Gasteiger partial charge in [0.25, 0.3) is 11.8 Å². The molecular weight excluding hydrogens is 440 g/mol. The van der Waals surface area contributed by atoms with Gasteiger partial charge in [-0.15, -0.1) is 0 Å². The Morgan fingerprint density at radius 2 is 2.00 bits per heavy atom. The zero-order valence-corrected chi connectivity index (χ0v) is 18.0. The normalized spacial score (nSPS) is 22.3. The van der Waals surface area contributed by atoms with E-state index < -0.39 is 27.7 Å². The van der Waals surface area contributed by atoms with Gasteiger partial charge in [0.05, 0.1) is 17.5 Å². The summed E-state index contributed by atoms with van der Waals surface area (Å²) in [5.74, 6) is -0.903. The highest BCUT2D eigenvalue weighted by Crippen LogP contribution is 2.32. The van der Waals surface area contributed by atoms with Crippen LogP contribution in [-0.4, -0.2) is 42.7 Å². The van der Waals surface area contributed by atoms with E-state index in [4.69, 9.17) is 16.0 Å². The summed E-state index contributed by atoms with van der Waals surface area (Å²) in [6.07, 6.45) is 1.62. The highest BCUT2D eigenvalue weighted by atomic mass is 35.5. The first-order valence-corrected chi connectivity index (χ1v) is 11.7. The number of imide groups is 1. The van der Waals surface area contributed by atoms with E-state index in [1.165, 1.54) is 13.0 Å². The minimum Gasteiger partial charge on any atom is -0.457 e. The van der Waals surface area contributed by atoms with Gasteiger partial charge in [-0.25, -0.2) is 8.42 Å². The van der Waals surface area contributed by atoms with Crippen molar-refractivity contribution in [3.63, 3.8) is 0 Å². The molecule has 7 nitrogen and oxygen atoms in total. The van der Waals surface area contributed by atoms with Crippen molar-refractivity contribution < 1.29 is 22.4 Å². The molecule has 2 amide bonds. The molecule has 1 aromatic heterocycles. The fraction of sp³-hybridized carbons (Fsp3) is 0.227. The molecule has 2 aromatic rings. The summed E-state index contributed by atoms with van der Waals surface area (Å²) in [5.41, 5.74) is 0.921. The molecule has 0 radical (unpaired) electrons. The third-order valence-corrected chi connectivity index (χ3v) is 7.35. The van der Waals surface area contributed by atoms with E-state index in [0.717, 1.165) is 10.5 Å². The van der Waals surface area contributed by atoms with E-state index in [0.29, 0.717) is 16.5 Å². The Bertz CT molecular complexity index is 1310. The third-order valence-electron chi connectivity index (χ3n) is 5.37. The van der Waals surface area contributed by atoms with Crippen molar-refractivity contribution in [1.82, 2.24) is 4.90 Å². The van der Waals surface area contributed by atoms with Crippen molar-refractivity contribution in [2.75, 3.05) is 11.5 Å². The topological polar surface area (TPSA) is 108 Å². The third kappa shape index (κ3) is 3.94. The second-order valence-electron chi connectivity index (χ2n) is 7.42. The van der Waals surface area contributed by atoms with Crippen molar-refractivity contribution in [3.05, 3.63) is 63.9 Å². The molecule has 1 fully saturated rings. The summed E-state index contributed by atoms with van der Waals surface area (Å²) >= 11 is 6.02. The predicted molar refractivity (Wildman–Crippen MR) is 114 cm³/mol. The highest BCUT2D eigenvalue weighted by Gasteiger charge is 2.43. The summed E-state index contributed by atoms with van der Waals surface area (Å²) in [6, 6.07) is 11.5. The number of halogens is 1. The summed E-state index contributed by atoms with van der Waals surface area (Å²) in [6.45, 7) is 1.52. The van der Waals surface area contributed by atoms with Crippen molar-refractivity contribution in [3.8, 4) is 17.4 Å². The van der Waals surface area contributed by atoms with Gasteiger partial charge in [-0.05, 0) is 49.3 Å². The first-order valence-electron chi connectivity index (χ1n) is 9.47. The standard InChI is InChI=1S/C22H17ClN2O5S/c1-13-18(10-17-5-6-20(30-17)14-3-2-4-15(23)9-14)21(26)25(22(27)19(13)11-24)16-7-8-31(28,29)12-16/h2-6,9-10,16H,7-8,12H2,1H3/b18-10-/t16-/m0/s1. The van der Waals surface area contributed by atoms with Crippen molar-refractivity contribution >= 4 is 39.3 Å². The van der Waals surface area contributed by atoms with Crippen LogP contribution in [0.15, 0.2) is 57.5 Å². The molecule has 2 aliphatic heterocycles. The van der Waals surface area contributed by atoms with E-state index >= 15 is 0 Å². The SMILES string of the molecule is CC1=C(C#N)C(=O)N([C@H]2CCS(=O)(=O)C2)C(=O)/C1=C\c1ccc(-c2cccc(Cl)c2)o1. The molecular formula is C22H17ClN2O5S. The minimum atomic E-state index is -3.33. The Labute approximate surface area is 184 Å². The lowest BCUT2D eigenvalue weighted by atomic mass is 9.93. The fourth-order valence-corrected chi connectivity index (χ4v) is 5.67. The predicted octanol–water partition coefficient (Wildman–Crippen LogP) is 3.38. The molecule has 0 bridgehead atoms. The molecule has 0 spiro atoms. The van der Waals surface area contributed by atoms with Crippen molar-refractivity contribution in [1.29, 1.82) is 5.26 Å². The molecule has 0 aliphatic carbocycles. The van der Waals surface area contributed by atoms with E-state index in [-0.39, 0.29) is 34.6 Å². The molecule has 0 saturated carbocycles. The first kappa shape index (κ1) is 21.1. The zero-order valence-electron chi connectivity index (χ0n) is 16.5. The van der Waals surface area contributed by atoms with E-state index in [9.17, 15) is 23.3 Å². The van der Waals surface area contributed by atoms with Crippen LogP contribution in [-0.2, 0) is 19.4 Å². The number of furan rings is 1. The lowest BCUT2D eigenvalue weighted by Gasteiger charge is -2.31. The quantitative estimate of drug-likeness (QED) is 0.517. The molecule has 0 N–H and O–H groups in total. The molecule has 1 saturated heterocycles. The summed E-state index contributed by atoms with van der Waals surface area (Å²) in [7, 11) is -3.33. The number of rotatable bonds is 3. The second-order valence-corrected chi connectivity index (χ2v) is 10.1. The molecule has 1 aromatic carbocycles. The van der Waals surface area contributed by atoms with Crippen LogP contribution in [0.25, 0.3) is 17.4 Å². The van der Waals surface area contributed by atoms with Crippen LogP contribution in [0.4, 0.5) is 0 Å². The summed E-state index contributed by atoms with van der Waals surface area (Å²) in [4.78, 5) is 26.8. The van der Waals surface area contributed by atoms with Gasteiger partial charge < -0.3 is 4.42 Å². The summed E-state index contributed by atoms with van der Waals surface area (Å²) < 4.78 is 29.6. The lowest BCUT2D eigenvalue weighted by Crippen LogP contribution is -2.49.